The first-order valence-electron chi connectivity index (χ1n) is 7.78. The van der Waals surface area contributed by atoms with Crippen molar-refractivity contribution in [3.8, 4) is 11.1 Å². The lowest BCUT2D eigenvalue weighted by Crippen LogP contribution is -2.13. The molecule has 0 aliphatic heterocycles. The average Bonchev–Trinajstić information content (AvgIpc) is 2.61. The number of H-pyrrole nitrogens is 1. The molecule has 0 aliphatic carbocycles. The molecule has 0 spiro atoms. The Bertz CT molecular complexity index is 1140. The lowest BCUT2D eigenvalue weighted by atomic mass is 10.0. The van der Waals surface area contributed by atoms with Gasteiger partial charge in [-0.25, -0.2) is 4.98 Å². The van der Waals surface area contributed by atoms with Crippen molar-refractivity contribution >= 4 is 45.9 Å². The molecule has 0 atom stereocenters. The Morgan fingerprint density at radius 1 is 0.962 bits per heavy atom. The Balaban J connectivity index is 1.82. The summed E-state index contributed by atoms with van der Waals surface area (Å²) in [6.07, 6.45) is 1.64. The fraction of sp³-hybridized carbons (Fsp3) is 0. The summed E-state index contributed by atoms with van der Waals surface area (Å²) in [5, 5.41) is 4.40. The van der Waals surface area contributed by atoms with Gasteiger partial charge in [-0.3, -0.25) is 9.78 Å². The minimum absolute atomic E-state index is 0.263. The number of nitrogens with zero attached hydrogens (tertiary/aromatic N) is 2. The number of hydrogen-bond acceptors (Lipinski definition) is 4. The van der Waals surface area contributed by atoms with E-state index in [-0.39, 0.29) is 11.5 Å². The Labute approximate surface area is 158 Å². The van der Waals surface area contributed by atoms with Gasteiger partial charge >= 0.3 is 0 Å². The van der Waals surface area contributed by atoms with Crippen LogP contribution in [0.2, 0.25) is 10.0 Å². The number of nitrogens with one attached hydrogen (secondary N) is 2. The third-order valence-corrected chi connectivity index (χ3v) is 4.25. The first-order valence-corrected chi connectivity index (χ1v) is 8.53. The Morgan fingerprint density at radius 2 is 1.69 bits per heavy atom. The smallest absolute Gasteiger partial charge is 0.262 e. The number of pyridine rings is 1. The highest BCUT2D eigenvalue weighted by atomic mass is 35.5. The largest absolute Gasteiger partial charge is 0.326 e. The van der Waals surface area contributed by atoms with Crippen LogP contribution in [0.1, 0.15) is 0 Å². The second-order valence-electron chi connectivity index (χ2n) is 5.62. The summed E-state index contributed by atoms with van der Waals surface area (Å²) in [6.45, 7) is 0. The van der Waals surface area contributed by atoms with Gasteiger partial charge in [0.05, 0.1) is 5.39 Å². The van der Waals surface area contributed by atoms with E-state index >= 15 is 0 Å². The van der Waals surface area contributed by atoms with Gasteiger partial charge in [0.2, 0.25) is 5.95 Å². The Morgan fingerprint density at radius 3 is 2.42 bits per heavy atom. The molecular formula is C19H12Cl2N4O. The van der Waals surface area contributed by atoms with Crippen LogP contribution in [-0.4, -0.2) is 15.0 Å². The van der Waals surface area contributed by atoms with Crippen molar-refractivity contribution in [3.05, 3.63) is 81.2 Å². The van der Waals surface area contributed by atoms with E-state index in [2.05, 4.69) is 20.3 Å². The van der Waals surface area contributed by atoms with E-state index in [0.717, 1.165) is 11.1 Å². The number of hydrogen-bond donors (Lipinski definition) is 2. The molecule has 0 radical (unpaired) electrons. The molecule has 128 valence electrons. The molecule has 0 saturated carbocycles. The van der Waals surface area contributed by atoms with Gasteiger partial charge in [0.25, 0.3) is 5.56 Å². The summed E-state index contributed by atoms with van der Waals surface area (Å²) in [4.78, 5) is 24.1. The van der Waals surface area contributed by atoms with Crippen LogP contribution in [0.4, 0.5) is 11.6 Å². The highest BCUT2D eigenvalue weighted by Gasteiger charge is 2.11. The van der Waals surface area contributed by atoms with Gasteiger partial charge in [-0.05, 0) is 35.4 Å². The van der Waals surface area contributed by atoms with Crippen LogP contribution in [-0.2, 0) is 0 Å². The van der Waals surface area contributed by atoms with Gasteiger partial charge < -0.3 is 5.32 Å². The molecule has 0 saturated heterocycles. The predicted octanol–water partition coefficient (Wildman–Crippen LogP) is 5.04. The quantitative estimate of drug-likeness (QED) is 0.520. The summed E-state index contributed by atoms with van der Waals surface area (Å²) in [6, 6.07) is 16.4. The highest BCUT2D eigenvalue weighted by molar-refractivity contribution is 6.35. The zero-order valence-electron chi connectivity index (χ0n) is 13.3. The third-order valence-electron chi connectivity index (χ3n) is 3.82. The Hall–Kier alpha value is -2.89. The summed E-state index contributed by atoms with van der Waals surface area (Å²) in [5.74, 6) is 0.263. The lowest BCUT2D eigenvalue weighted by molar-refractivity contribution is 1.14. The van der Waals surface area contributed by atoms with Gasteiger partial charge in [0, 0.05) is 21.9 Å². The number of aromatic nitrogens is 3. The number of anilines is 2. The van der Waals surface area contributed by atoms with Crippen molar-refractivity contribution in [2.45, 2.75) is 0 Å². The third kappa shape index (κ3) is 3.27. The number of halogens is 2. The van der Waals surface area contributed by atoms with Crippen molar-refractivity contribution in [2.75, 3.05) is 5.32 Å². The maximum Gasteiger partial charge on any atom is 0.262 e. The van der Waals surface area contributed by atoms with Crippen LogP contribution in [0.3, 0.4) is 0 Å². The normalized spacial score (nSPS) is 10.8. The Kier molecular flexibility index (Phi) is 4.32. The fourth-order valence-corrected chi connectivity index (χ4v) is 3.27. The topological polar surface area (TPSA) is 70.7 Å². The summed E-state index contributed by atoms with van der Waals surface area (Å²) in [5.41, 5.74) is 2.39. The van der Waals surface area contributed by atoms with Crippen molar-refractivity contribution in [3.63, 3.8) is 0 Å². The molecule has 2 aromatic carbocycles. The van der Waals surface area contributed by atoms with E-state index in [9.17, 15) is 4.79 Å². The zero-order valence-corrected chi connectivity index (χ0v) is 14.8. The van der Waals surface area contributed by atoms with E-state index < -0.39 is 0 Å². The van der Waals surface area contributed by atoms with Crippen molar-refractivity contribution < 1.29 is 0 Å². The molecule has 0 fully saturated rings. The van der Waals surface area contributed by atoms with E-state index in [1.807, 2.05) is 30.3 Å². The van der Waals surface area contributed by atoms with Crippen molar-refractivity contribution in [1.29, 1.82) is 0 Å². The monoisotopic (exact) mass is 382 g/mol. The van der Waals surface area contributed by atoms with Gasteiger partial charge in [-0.15, -0.1) is 0 Å². The molecule has 7 heteroatoms. The van der Waals surface area contributed by atoms with Crippen molar-refractivity contribution in [2.24, 2.45) is 0 Å². The van der Waals surface area contributed by atoms with Crippen LogP contribution in [0.5, 0.6) is 0 Å². The fourth-order valence-electron chi connectivity index (χ4n) is 2.74. The molecule has 4 rings (SSSR count). The van der Waals surface area contributed by atoms with Gasteiger partial charge in [-0.1, -0.05) is 53.5 Å². The van der Waals surface area contributed by atoms with E-state index in [4.69, 9.17) is 23.2 Å². The number of rotatable bonds is 3. The van der Waals surface area contributed by atoms with E-state index in [0.29, 0.717) is 26.8 Å². The van der Waals surface area contributed by atoms with Gasteiger partial charge in [-0.2, -0.15) is 4.98 Å². The minimum Gasteiger partial charge on any atom is -0.326 e. The molecule has 2 N–H and O–H groups in total. The van der Waals surface area contributed by atoms with Crippen LogP contribution < -0.4 is 10.9 Å². The van der Waals surface area contributed by atoms with Gasteiger partial charge in [0.15, 0.2) is 5.65 Å². The summed E-state index contributed by atoms with van der Waals surface area (Å²) < 4.78 is 0. The molecule has 0 bridgehead atoms. The summed E-state index contributed by atoms with van der Waals surface area (Å²) in [7, 11) is 0. The van der Waals surface area contributed by atoms with Crippen LogP contribution >= 0.6 is 23.2 Å². The number of aromatic amines is 1. The second-order valence-corrected chi connectivity index (χ2v) is 6.49. The standard InChI is InChI=1S/C19H12Cl2N4O/c20-12-8-13(21)10-14(9-12)23-19-24-17-16(18(26)25-19)15(6-7-22-17)11-4-2-1-3-5-11/h1-10H,(H2,22,23,24,25,26). The number of benzene rings is 2. The predicted molar refractivity (Wildman–Crippen MR) is 105 cm³/mol. The highest BCUT2D eigenvalue weighted by Crippen LogP contribution is 2.26. The number of fused-ring (bicyclic) bond motifs is 1. The average molecular weight is 383 g/mol. The molecule has 5 nitrogen and oxygen atoms in total. The second kappa shape index (κ2) is 6.78. The first kappa shape index (κ1) is 16.6. The molecule has 2 heterocycles. The maximum absolute atomic E-state index is 12.7. The molecular weight excluding hydrogens is 371 g/mol. The van der Waals surface area contributed by atoms with E-state index in [1.54, 1.807) is 30.5 Å². The molecule has 0 aliphatic rings. The van der Waals surface area contributed by atoms with Crippen molar-refractivity contribution in [1.82, 2.24) is 15.0 Å². The SMILES string of the molecule is O=c1[nH]c(Nc2cc(Cl)cc(Cl)c2)nc2nccc(-c3ccccc3)c12. The van der Waals surface area contributed by atoms with Crippen LogP contribution in [0.25, 0.3) is 22.2 Å². The molecule has 0 amide bonds. The van der Waals surface area contributed by atoms with Crippen LogP contribution in [0, 0.1) is 0 Å². The maximum atomic E-state index is 12.7. The first-order chi connectivity index (χ1) is 12.6. The molecule has 2 aromatic heterocycles. The van der Waals surface area contributed by atoms with E-state index in [1.165, 1.54) is 0 Å². The van der Waals surface area contributed by atoms with Crippen LogP contribution in [0.15, 0.2) is 65.6 Å². The zero-order chi connectivity index (χ0) is 18.1. The lowest BCUT2D eigenvalue weighted by Gasteiger charge is -2.09. The van der Waals surface area contributed by atoms with Gasteiger partial charge in [0.1, 0.15) is 0 Å². The molecule has 26 heavy (non-hydrogen) atoms. The molecule has 4 aromatic rings. The minimum atomic E-state index is -0.280. The molecule has 0 unspecified atom stereocenters. The summed E-state index contributed by atoms with van der Waals surface area (Å²) >= 11 is 12.0.